The quantitative estimate of drug-likeness (QED) is 0.787. The molecule has 0 aromatic heterocycles. The Balaban J connectivity index is 2.16. The molecule has 1 N–H and O–H groups in total. The molecule has 2 rings (SSSR count). The number of carbonyl (C=O) groups excluding carboxylic acids is 1. The van der Waals surface area contributed by atoms with Crippen molar-refractivity contribution in [2.75, 3.05) is 7.05 Å². The first-order valence-electron chi connectivity index (χ1n) is 4.63. The molecule has 1 aromatic rings. The van der Waals surface area contributed by atoms with Gasteiger partial charge in [0.1, 0.15) is 11.8 Å². The van der Waals surface area contributed by atoms with Gasteiger partial charge in [-0.1, -0.05) is 28.5 Å². The van der Waals surface area contributed by atoms with Crippen LogP contribution in [0.1, 0.15) is 5.56 Å². The van der Waals surface area contributed by atoms with Gasteiger partial charge in [0.25, 0.3) is 5.91 Å². The Kier molecular flexibility index (Phi) is 2.37. The molecule has 0 saturated heterocycles. The van der Waals surface area contributed by atoms with Crippen LogP contribution < -0.4 is 0 Å². The van der Waals surface area contributed by atoms with Crippen LogP contribution in [0, 0.1) is 0 Å². The fourth-order valence-corrected chi connectivity index (χ4v) is 1.51. The van der Waals surface area contributed by atoms with Gasteiger partial charge in [-0.15, -0.1) is 0 Å². The lowest BCUT2D eigenvalue weighted by Crippen LogP contribution is -2.31. The van der Waals surface area contributed by atoms with Gasteiger partial charge in [-0.25, -0.2) is 0 Å². The first kappa shape index (κ1) is 9.64. The van der Waals surface area contributed by atoms with Gasteiger partial charge >= 0.3 is 0 Å². The molecule has 1 atom stereocenters. The third kappa shape index (κ3) is 1.81. The van der Waals surface area contributed by atoms with E-state index in [0.29, 0.717) is 6.42 Å². The third-order valence-electron chi connectivity index (χ3n) is 2.43. The number of aromatic hydroxyl groups is 1. The lowest BCUT2D eigenvalue weighted by Gasteiger charge is -2.15. The maximum atomic E-state index is 11.3. The molecule has 0 saturated carbocycles. The lowest BCUT2D eigenvalue weighted by molar-refractivity contribution is -0.120. The van der Waals surface area contributed by atoms with Crippen LogP contribution in [0.15, 0.2) is 34.6 Å². The zero-order valence-electron chi connectivity index (χ0n) is 8.29. The van der Waals surface area contributed by atoms with Crippen LogP contribution in [0.3, 0.4) is 0 Å². The lowest BCUT2D eigenvalue weighted by atomic mass is 10.0. The number of phenols is 1. The fourth-order valence-electron chi connectivity index (χ4n) is 1.51. The van der Waals surface area contributed by atoms with E-state index in [1.54, 1.807) is 25.2 Å². The largest absolute Gasteiger partial charge is 0.508 e. The maximum absolute atomic E-state index is 11.3. The standard InChI is InChI=1S/C10H11N3O2/c1-13-8(10(15)11-12-13)6-7-4-2-3-5-9(7)14/h2-5,8,14H,6H2,1H3. The summed E-state index contributed by atoms with van der Waals surface area (Å²) in [4.78, 5) is 11.3. The Labute approximate surface area is 87.0 Å². The number of rotatable bonds is 2. The van der Waals surface area contributed by atoms with Gasteiger partial charge in [0.05, 0.1) is 0 Å². The molecule has 0 fully saturated rings. The number of nitrogens with zero attached hydrogens (tertiary/aromatic N) is 3. The number of amides is 1. The molecule has 0 spiro atoms. The Morgan fingerprint density at radius 1 is 1.47 bits per heavy atom. The number of likely N-dealkylation sites (N-methyl/N-ethyl adjacent to an activating group) is 1. The molecule has 0 aliphatic carbocycles. The highest BCUT2D eigenvalue weighted by Crippen LogP contribution is 2.21. The molecular weight excluding hydrogens is 194 g/mol. The van der Waals surface area contributed by atoms with E-state index < -0.39 is 6.04 Å². The smallest absolute Gasteiger partial charge is 0.290 e. The molecule has 1 aliphatic rings. The fraction of sp³-hybridized carbons (Fsp3) is 0.300. The molecule has 15 heavy (non-hydrogen) atoms. The predicted molar refractivity (Wildman–Crippen MR) is 53.2 cm³/mol. The summed E-state index contributed by atoms with van der Waals surface area (Å²) in [7, 11) is 1.69. The Morgan fingerprint density at radius 2 is 2.20 bits per heavy atom. The Bertz CT molecular complexity index is 417. The average Bonchev–Trinajstić information content (AvgIpc) is 2.53. The van der Waals surface area contributed by atoms with E-state index >= 15 is 0 Å². The second-order valence-corrected chi connectivity index (χ2v) is 3.45. The van der Waals surface area contributed by atoms with Crippen LogP contribution in [0.4, 0.5) is 0 Å². The monoisotopic (exact) mass is 205 g/mol. The number of hydrogen-bond acceptors (Lipinski definition) is 4. The molecule has 1 amide bonds. The van der Waals surface area contributed by atoms with Crippen molar-refractivity contribution >= 4 is 5.91 Å². The summed E-state index contributed by atoms with van der Waals surface area (Å²) in [6, 6.07) is 6.56. The summed E-state index contributed by atoms with van der Waals surface area (Å²) >= 11 is 0. The Morgan fingerprint density at radius 3 is 2.80 bits per heavy atom. The van der Waals surface area contributed by atoms with Crippen molar-refractivity contribution in [2.45, 2.75) is 12.5 Å². The molecule has 1 heterocycles. The minimum Gasteiger partial charge on any atom is -0.508 e. The van der Waals surface area contributed by atoms with E-state index in [0.717, 1.165) is 5.56 Å². The van der Waals surface area contributed by atoms with E-state index in [4.69, 9.17) is 0 Å². The summed E-state index contributed by atoms with van der Waals surface area (Å²) in [6.07, 6.45) is 0.426. The van der Waals surface area contributed by atoms with Crippen molar-refractivity contribution < 1.29 is 9.90 Å². The van der Waals surface area contributed by atoms with Crippen molar-refractivity contribution in [1.29, 1.82) is 0 Å². The van der Waals surface area contributed by atoms with Crippen molar-refractivity contribution in [3.05, 3.63) is 29.8 Å². The normalized spacial score (nSPS) is 19.9. The van der Waals surface area contributed by atoms with Gasteiger partial charge in [0.15, 0.2) is 0 Å². The van der Waals surface area contributed by atoms with Crippen molar-refractivity contribution in [1.82, 2.24) is 5.01 Å². The predicted octanol–water partition coefficient (Wildman–Crippen LogP) is 1.14. The van der Waals surface area contributed by atoms with Crippen molar-refractivity contribution in [3.63, 3.8) is 0 Å². The van der Waals surface area contributed by atoms with E-state index in [-0.39, 0.29) is 11.7 Å². The van der Waals surface area contributed by atoms with Gasteiger partial charge in [0, 0.05) is 13.5 Å². The Hall–Kier alpha value is -1.91. The van der Waals surface area contributed by atoms with Crippen LogP contribution in [0.25, 0.3) is 0 Å². The van der Waals surface area contributed by atoms with E-state index in [9.17, 15) is 9.90 Å². The molecule has 1 aromatic carbocycles. The van der Waals surface area contributed by atoms with Gasteiger partial charge in [0.2, 0.25) is 0 Å². The third-order valence-corrected chi connectivity index (χ3v) is 2.43. The molecule has 1 unspecified atom stereocenters. The second-order valence-electron chi connectivity index (χ2n) is 3.45. The first-order valence-corrected chi connectivity index (χ1v) is 4.63. The van der Waals surface area contributed by atoms with E-state index in [1.165, 1.54) is 5.01 Å². The van der Waals surface area contributed by atoms with Gasteiger partial charge in [-0.3, -0.25) is 9.80 Å². The molecule has 0 radical (unpaired) electrons. The number of para-hydroxylation sites is 1. The average molecular weight is 205 g/mol. The van der Waals surface area contributed by atoms with Crippen LogP contribution in [-0.2, 0) is 11.2 Å². The molecule has 1 aliphatic heterocycles. The zero-order valence-corrected chi connectivity index (χ0v) is 8.29. The number of phenolic OH excluding ortho intramolecular Hbond substituents is 1. The molecule has 78 valence electrons. The van der Waals surface area contributed by atoms with Crippen molar-refractivity contribution in [3.8, 4) is 5.75 Å². The van der Waals surface area contributed by atoms with Gasteiger partial charge in [-0.2, -0.15) is 0 Å². The molecule has 5 heteroatoms. The molecular formula is C10H11N3O2. The summed E-state index contributed by atoms with van der Waals surface area (Å²) in [5.41, 5.74) is 0.731. The van der Waals surface area contributed by atoms with Crippen LogP contribution in [-0.4, -0.2) is 29.1 Å². The van der Waals surface area contributed by atoms with Crippen LogP contribution in [0.2, 0.25) is 0 Å². The minimum absolute atomic E-state index is 0.200. The topological polar surface area (TPSA) is 65.3 Å². The SMILES string of the molecule is CN1N=NC(=O)C1Cc1ccccc1O. The van der Waals surface area contributed by atoms with Crippen molar-refractivity contribution in [2.24, 2.45) is 10.3 Å². The van der Waals surface area contributed by atoms with Gasteiger partial charge < -0.3 is 5.11 Å². The summed E-state index contributed by atoms with van der Waals surface area (Å²) in [6.45, 7) is 0. The second kappa shape index (κ2) is 3.68. The number of hydrogen-bond donors (Lipinski definition) is 1. The number of benzene rings is 1. The summed E-state index contributed by atoms with van der Waals surface area (Å²) < 4.78 is 0. The number of carbonyl (C=O) groups is 1. The van der Waals surface area contributed by atoms with Gasteiger partial charge in [-0.05, 0) is 11.6 Å². The first-order chi connectivity index (χ1) is 7.18. The van der Waals surface area contributed by atoms with E-state index in [1.807, 2.05) is 6.07 Å². The summed E-state index contributed by atoms with van der Waals surface area (Å²) in [5, 5.41) is 18.2. The highest BCUT2D eigenvalue weighted by Gasteiger charge is 2.28. The molecule has 5 nitrogen and oxygen atoms in total. The maximum Gasteiger partial charge on any atom is 0.290 e. The summed E-state index contributed by atoms with van der Waals surface area (Å²) in [5.74, 6) is -0.0636. The highest BCUT2D eigenvalue weighted by molar-refractivity contribution is 5.83. The highest BCUT2D eigenvalue weighted by atomic mass is 16.3. The zero-order chi connectivity index (χ0) is 10.8. The minimum atomic E-state index is -0.390. The van der Waals surface area contributed by atoms with E-state index in [2.05, 4.69) is 10.3 Å². The van der Waals surface area contributed by atoms with Crippen LogP contribution >= 0.6 is 0 Å². The molecule has 0 bridgehead atoms. The van der Waals surface area contributed by atoms with Crippen LogP contribution in [0.5, 0.6) is 5.75 Å².